The maximum atomic E-state index is 11.2. The molecule has 0 aromatic heterocycles. The Bertz CT molecular complexity index is 231. The van der Waals surface area contributed by atoms with Crippen LogP contribution in [0.5, 0.6) is 0 Å². The number of rotatable bonds is 7. The molecule has 0 aliphatic heterocycles. The molecular weight excluding hydrogens is 288 g/mol. The Morgan fingerprint density at radius 3 is 1.62 bits per heavy atom. The highest BCUT2D eigenvalue weighted by atomic mass is 79.9. The zero-order valence-corrected chi connectivity index (χ0v) is 9.74. The molecular formula is C8H13BrO7. The fourth-order valence-corrected chi connectivity index (χ4v) is 1.18. The number of carbonyl (C=O) groups is 2. The molecule has 0 radical (unpaired) electrons. The van der Waals surface area contributed by atoms with E-state index in [0.717, 1.165) is 0 Å². The molecule has 8 heteroatoms. The van der Waals surface area contributed by atoms with E-state index in [0.29, 0.717) is 0 Å². The van der Waals surface area contributed by atoms with Gasteiger partial charge in [-0.2, -0.15) is 0 Å². The average molecular weight is 301 g/mol. The number of aliphatic hydroxyl groups excluding tert-OH is 5. The van der Waals surface area contributed by atoms with Crippen LogP contribution in [0.2, 0.25) is 0 Å². The third-order valence-corrected chi connectivity index (χ3v) is 2.52. The minimum atomic E-state index is -2.12. The van der Waals surface area contributed by atoms with Crippen LogP contribution in [0.1, 0.15) is 0 Å². The van der Waals surface area contributed by atoms with Gasteiger partial charge in [0.15, 0.2) is 0 Å². The van der Waals surface area contributed by atoms with Gasteiger partial charge in [-0.25, -0.2) is 0 Å². The van der Waals surface area contributed by atoms with E-state index < -0.39 is 42.6 Å². The van der Waals surface area contributed by atoms with Gasteiger partial charge < -0.3 is 25.5 Å². The van der Waals surface area contributed by atoms with Gasteiger partial charge in [0.05, 0.1) is 12.7 Å². The lowest BCUT2D eigenvalue weighted by molar-refractivity contribution is -0.152. The lowest BCUT2D eigenvalue weighted by Gasteiger charge is -2.17. The van der Waals surface area contributed by atoms with Crippen molar-refractivity contribution in [3.8, 4) is 0 Å². The molecule has 0 bridgehead atoms. The molecule has 94 valence electrons. The van der Waals surface area contributed by atoms with Crippen molar-refractivity contribution in [2.75, 3.05) is 11.9 Å². The first-order chi connectivity index (χ1) is 7.36. The average Bonchev–Trinajstić information content (AvgIpc) is 2.32. The molecule has 7 nitrogen and oxygen atoms in total. The summed E-state index contributed by atoms with van der Waals surface area (Å²) in [6.07, 6.45) is -7.39. The standard InChI is InChI=1S/C8H13BrO7/c9-1-3(11)5(13)7(15)8(16)6(14)4(12)2-10/h3-6,10-14H,1-2H2/t3?,4-,5?,6+/m1/s1. The van der Waals surface area contributed by atoms with E-state index in [1.807, 2.05) is 0 Å². The number of hydrogen-bond acceptors (Lipinski definition) is 7. The first-order valence-corrected chi connectivity index (χ1v) is 5.46. The van der Waals surface area contributed by atoms with E-state index in [-0.39, 0.29) is 5.33 Å². The Morgan fingerprint density at radius 1 is 0.938 bits per heavy atom. The van der Waals surface area contributed by atoms with Gasteiger partial charge in [0, 0.05) is 5.33 Å². The summed E-state index contributed by atoms with van der Waals surface area (Å²) in [6, 6.07) is 0. The summed E-state index contributed by atoms with van der Waals surface area (Å²) >= 11 is 2.79. The van der Waals surface area contributed by atoms with Crippen LogP contribution in [0, 0.1) is 0 Å². The summed E-state index contributed by atoms with van der Waals surface area (Å²) in [4.78, 5) is 22.3. The van der Waals surface area contributed by atoms with E-state index in [1.165, 1.54) is 0 Å². The van der Waals surface area contributed by atoms with E-state index in [9.17, 15) is 9.59 Å². The van der Waals surface area contributed by atoms with E-state index >= 15 is 0 Å². The summed E-state index contributed by atoms with van der Waals surface area (Å²) in [5.41, 5.74) is 0. The minimum Gasteiger partial charge on any atom is -0.394 e. The van der Waals surface area contributed by atoms with Crippen molar-refractivity contribution in [3.05, 3.63) is 0 Å². The van der Waals surface area contributed by atoms with Crippen molar-refractivity contribution in [1.29, 1.82) is 0 Å². The Labute approximate surface area is 99.5 Å². The third-order valence-electron chi connectivity index (χ3n) is 1.85. The highest BCUT2D eigenvalue weighted by molar-refractivity contribution is 9.09. The maximum absolute atomic E-state index is 11.2. The first kappa shape index (κ1) is 15.6. The number of ketones is 2. The van der Waals surface area contributed by atoms with Crippen molar-refractivity contribution in [2.45, 2.75) is 24.4 Å². The van der Waals surface area contributed by atoms with Crippen molar-refractivity contribution < 1.29 is 35.1 Å². The molecule has 0 aliphatic rings. The molecule has 0 fully saturated rings. The van der Waals surface area contributed by atoms with Crippen LogP contribution in [-0.4, -0.2) is 73.5 Å². The Morgan fingerprint density at radius 2 is 1.31 bits per heavy atom. The van der Waals surface area contributed by atoms with Gasteiger partial charge in [0.1, 0.15) is 18.3 Å². The number of hydrogen-bond donors (Lipinski definition) is 5. The van der Waals surface area contributed by atoms with E-state index in [4.69, 9.17) is 25.5 Å². The lowest BCUT2D eigenvalue weighted by Crippen LogP contribution is -2.47. The summed E-state index contributed by atoms with van der Waals surface area (Å²) in [5, 5.41) is 44.5. The minimum absolute atomic E-state index is 0.133. The summed E-state index contributed by atoms with van der Waals surface area (Å²) < 4.78 is 0. The van der Waals surface area contributed by atoms with Gasteiger partial charge in [-0.15, -0.1) is 0 Å². The number of halogens is 1. The van der Waals surface area contributed by atoms with Crippen molar-refractivity contribution >= 4 is 27.5 Å². The van der Waals surface area contributed by atoms with E-state index in [1.54, 1.807) is 0 Å². The van der Waals surface area contributed by atoms with Gasteiger partial charge >= 0.3 is 0 Å². The smallest absolute Gasteiger partial charge is 0.232 e. The largest absolute Gasteiger partial charge is 0.394 e. The molecule has 0 aromatic carbocycles. The number of Topliss-reactive ketones (excluding diaryl/α,β-unsaturated/α-hetero) is 2. The fourth-order valence-electron chi connectivity index (χ4n) is 0.825. The van der Waals surface area contributed by atoms with Crippen molar-refractivity contribution in [2.24, 2.45) is 0 Å². The normalized spacial score (nSPS) is 18.6. The number of carbonyl (C=O) groups excluding carboxylic acids is 2. The number of alkyl halides is 1. The topological polar surface area (TPSA) is 135 Å². The van der Waals surface area contributed by atoms with Crippen LogP contribution in [0.25, 0.3) is 0 Å². The Balaban J connectivity index is 4.55. The first-order valence-electron chi connectivity index (χ1n) is 4.34. The predicted molar refractivity (Wildman–Crippen MR) is 54.9 cm³/mol. The second-order valence-electron chi connectivity index (χ2n) is 3.09. The highest BCUT2D eigenvalue weighted by Crippen LogP contribution is 2.04. The van der Waals surface area contributed by atoms with Crippen molar-refractivity contribution in [1.82, 2.24) is 0 Å². The molecule has 16 heavy (non-hydrogen) atoms. The van der Waals surface area contributed by atoms with Crippen LogP contribution in [-0.2, 0) is 9.59 Å². The van der Waals surface area contributed by atoms with Crippen LogP contribution in [0.3, 0.4) is 0 Å². The Kier molecular flexibility index (Phi) is 6.88. The van der Waals surface area contributed by atoms with Crippen molar-refractivity contribution in [3.63, 3.8) is 0 Å². The van der Waals surface area contributed by atoms with E-state index in [2.05, 4.69) is 15.9 Å². The second kappa shape index (κ2) is 7.05. The van der Waals surface area contributed by atoms with Crippen LogP contribution in [0.4, 0.5) is 0 Å². The molecule has 0 rings (SSSR count). The Hall–Kier alpha value is -0.380. The summed E-state index contributed by atoms with van der Waals surface area (Å²) in [7, 11) is 0. The molecule has 0 aliphatic carbocycles. The zero-order valence-electron chi connectivity index (χ0n) is 8.15. The molecule has 0 aromatic rings. The zero-order chi connectivity index (χ0) is 12.9. The fraction of sp³-hybridized carbons (Fsp3) is 0.750. The molecule has 0 heterocycles. The van der Waals surface area contributed by atoms with Gasteiger partial charge in [-0.3, -0.25) is 9.59 Å². The SMILES string of the molecule is O=C(C(=O)[C@@H](O)[C@H](O)CO)C(O)C(O)CBr. The molecule has 0 saturated heterocycles. The monoisotopic (exact) mass is 300 g/mol. The van der Waals surface area contributed by atoms with Gasteiger partial charge in [0.25, 0.3) is 0 Å². The summed E-state index contributed by atoms with van der Waals surface area (Å²) in [6.45, 7) is -0.905. The van der Waals surface area contributed by atoms with Gasteiger partial charge in [-0.1, -0.05) is 15.9 Å². The highest BCUT2D eigenvalue weighted by Gasteiger charge is 2.35. The molecule has 4 atom stereocenters. The van der Waals surface area contributed by atoms with Gasteiger partial charge in [0.2, 0.25) is 11.6 Å². The predicted octanol–water partition coefficient (Wildman–Crippen LogP) is -3.04. The lowest BCUT2D eigenvalue weighted by atomic mass is 10.0. The third kappa shape index (κ3) is 3.89. The van der Waals surface area contributed by atoms with Gasteiger partial charge in [-0.05, 0) is 0 Å². The number of aliphatic hydroxyl groups is 5. The van der Waals surface area contributed by atoms with Crippen LogP contribution < -0.4 is 0 Å². The summed E-state index contributed by atoms with van der Waals surface area (Å²) in [5.74, 6) is -2.89. The molecule has 0 saturated carbocycles. The molecule has 0 amide bonds. The molecule has 0 spiro atoms. The second-order valence-corrected chi connectivity index (χ2v) is 3.74. The molecule has 5 N–H and O–H groups in total. The van der Waals surface area contributed by atoms with Crippen LogP contribution in [0.15, 0.2) is 0 Å². The molecule has 2 unspecified atom stereocenters. The quantitative estimate of drug-likeness (QED) is 0.249. The maximum Gasteiger partial charge on any atom is 0.232 e. The van der Waals surface area contributed by atoms with Crippen LogP contribution >= 0.6 is 15.9 Å².